The zero-order chi connectivity index (χ0) is 26.6. The number of nitrogens with zero attached hydrogens (tertiary/aromatic N) is 2. The van der Waals surface area contributed by atoms with Crippen molar-refractivity contribution in [1.29, 1.82) is 0 Å². The summed E-state index contributed by atoms with van der Waals surface area (Å²) in [6, 6.07) is 6.64. The lowest BCUT2D eigenvalue weighted by Gasteiger charge is -2.29. The first kappa shape index (κ1) is 25.7. The van der Waals surface area contributed by atoms with E-state index in [0.29, 0.717) is 21.8 Å². The number of rotatable bonds is 4. The van der Waals surface area contributed by atoms with Crippen molar-refractivity contribution in [3.05, 3.63) is 72.8 Å². The van der Waals surface area contributed by atoms with Crippen LogP contribution in [0.2, 0.25) is 10.0 Å². The highest BCUT2D eigenvalue weighted by molar-refractivity contribution is 7.80. The average molecular weight is 575 g/mol. The van der Waals surface area contributed by atoms with Crippen molar-refractivity contribution >= 4 is 81.4 Å². The largest absolute Gasteiger partial charge is 0.478 e. The first-order chi connectivity index (χ1) is 17.6. The minimum absolute atomic E-state index is 0.0999. The number of hydrogen-bond acceptors (Lipinski definition) is 5. The Balaban J connectivity index is 1.60. The highest BCUT2D eigenvalue weighted by atomic mass is 35.5. The Labute approximate surface area is 232 Å². The second kappa shape index (κ2) is 9.72. The Hall–Kier alpha value is -2.98. The quantitative estimate of drug-likeness (QED) is 0.231. The van der Waals surface area contributed by atoms with Gasteiger partial charge in [-0.1, -0.05) is 29.3 Å². The summed E-state index contributed by atoms with van der Waals surface area (Å²) < 4.78 is 1.89. The van der Waals surface area contributed by atoms with Crippen LogP contribution in [0.3, 0.4) is 0 Å². The summed E-state index contributed by atoms with van der Waals surface area (Å²) in [7, 11) is 0. The summed E-state index contributed by atoms with van der Waals surface area (Å²) in [4.78, 5) is 40.8. The molecule has 1 saturated heterocycles. The normalized spacial score (nSPS) is 16.8. The fraction of sp³-hybridized carbons (Fsp3) is 0.231. The third-order valence-corrected chi connectivity index (χ3v) is 8.98. The molecule has 1 aliphatic heterocycles. The first-order valence-corrected chi connectivity index (χ1v) is 13.5. The van der Waals surface area contributed by atoms with Crippen molar-refractivity contribution in [2.24, 2.45) is 0 Å². The number of carboxylic acid groups (broad SMARTS) is 1. The molecule has 1 fully saturated rings. The van der Waals surface area contributed by atoms with Crippen molar-refractivity contribution < 1.29 is 19.5 Å². The van der Waals surface area contributed by atoms with E-state index in [1.54, 1.807) is 18.2 Å². The molecule has 190 valence electrons. The lowest BCUT2D eigenvalue weighted by atomic mass is 9.95. The Morgan fingerprint density at radius 2 is 1.92 bits per heavy atom. The second-order valence-electron chi connectivity index (χ2n) is 8.89. The molecule has 1 aromatic carbocycles. The monoisotopic (exact) mass is 573 g/mol. The van der Waals surface area contributed by atoms with Crippen LogP contribution in [0.1, 0.15) is 50.6 Å². The molecule has 5 rings (SSSR count). The molecule has 0 saturated carbocycles. The van der Waals surface area contributed by atoms with Gasteiger partial charge in [-0.15, -0.1) is 11.3 Å². The maximum Gasteiger partial charge on any atom is 0.339 e. The SMILES string of the molecule is Cc1cc(/C=C2\C(=O)NC(=S)N(c3cccc(Cl)c3Cl)C2=O)c(C)n1-c1sc2c(c1C(=O)O)CCCC2. The van der Waals surface area contributed by atoms with Crippen molar-refractivity contribution in [2.75, 3.05) is 4.90 Å². The number of benzene rings is 1. The first-order valence-electron chi connectivity index (χ1n) is 11.5. The molecule has 0 atom stereocenters. The number of nitrogens with one attached hydrogen (secondary N) is 1. The molecule has 2 amide bonds. The van der Waals surface area contributed by atoms with E-state index in [1.165, 1.54) is 17.4 Å². The van der Waals surface area contributed by atoms with E-state index in [2.05, 4.69) is 5.32 Å². The van der Waals surface area contributed by atoms with E-state index in [9.17, 15) is 19.5 Å². The molecular formula is C26H21Cl2N3O4S2. The number of anilines is 1. The zero-order valence-electron chi connectivity index (χ0n) is 19.9. The van der Waals surface area contributed by atoms with Gasteiger partial charge in [-0.25, -0.2) is 4.79 Å². The van der Waals surface area contributed by atoms with Gasteiger partial charge >= 0.3 is 5.97 Å². The molecule has 0 bridgehead atoms. The zero-order valence-corrected chi connectivity index (χ0v) is 23.0. The minimum atomic E-state index is -0.953. The van der Waals surface area contributed by atoms with Crippen LogP contribution in [0.15, 0.2) is 29.8 Å². The minimum Gasteiger partial charge on any atom is -0.478 e. The summed E-state index contributed by atoms with van der Waals surface area (Å²) in [5, 5.41) is 13.5. The number of amides is 2. The van der Waals surface area contributed by atoms with Gasteiger partial charge in [0.15, 0.2) is 5.11 Å². The molecule has 2 aliphatic rings. The Morgan fingerprint density at radius 3 is 2.65 bits per heavy atom. The van der Waals surface area contributed by atoms with E-state index >= 15 is 0 Å². The number of fused-ring (bicyclic) bond motifs is 1. The third-order valence-electron chi connectivity index (χ3n) is 6.61. The molecule has 0 radical (unpaired) electrons. The van der Waals surface area contributed by atoms with Crippen molar-refractivity contribution in [2.45, 2.75) is 39.5 Å². The molecule has 2 aromatic heterocycles. The van der Waals surface area contributed by atoms with E-state index in [1.807, 2.05) is 24.5 Å². The van der Waals surface area contributed by atoms with Crippen LogP contribution in [0.4, 0.5) is 5.69 Å². The molecule has 0 unspecified atom stereocenters. The molecule has 7 nitrogen and oxygen atoms in total. The van der Waals surface area contributed by atoms with Gasteiger partial charge in [0, 0.05) is 16.3 Å². The van der Waals surface area contributed by atoms with Gasteiger partial charge < -0.3 is 9.67 Å². The summed E-state index contributed by atoms with van der Waals surface area (Å²) in [5.41, 5.74) is 3.50. The lowest BCUT2D eigenvalue weighted by Crippen LogP contribution is -2.54. The standard InChI is InChI=1S/C26H21Cl2N3O4S2/c1-12-10-14(13(2)30(12)24-20(25(34)35)15-6-3-4-9-19(15)37-24)11-16-22(32)29-26(36)31(23(16)33)18-8-5-7-17(27)21(18)28/h5,7-8,10-11H,3-4,6,9H2,1-2H3,(H,34,35)(H,29,32,36)/b16-11+. The number of carboxylic acids is 1. The smallest absolute Gasteiger partial charge is 0.339 e. The molecule has 11 heteroatoms. The van der Waals surface area contributed by atoms with Crippen molar-refractivity contribution in [3.8, 4) is 5.00 Å². The van der Waals surface area contributed by atoms with Gasteiger partial charge in [0.1, 0.15) is 10.6 Å². The fourth-order valence-corrected chi connectivity index (χ4v) is 7.02. The number of carbonyl (C=O) groups is 3. The van der Waals surface area contributed by atoms with Crippen molar-refractivity contribution in [1.82, 2.24) is 9.88 Å². The van der Waals surface area contributed by atoms with Gasteiger partial charge in [0.2, 0.25) is 0 Å². The van der Waals surface area contributed by atoms with Gasteiger partial charge in [-0.3, -0.25) is 19.8 Å². The molecule has 3 heterocycles. The Morgan fingerprint density at radius 1 is 1.19 bits per heavy atom. The van der Waals surface area contributed by atoms with E-state index in [4.69, 9.17) is 35.4 Å². The summed E-state index contributed by atoms with van der Waals surface area (Å²) in [6.07, 6.45) is 5.13. The van der Waals surface area contributed by atoms with Crippen LogP contribution in [-0.2, 0) is 22.4 Å². The van der Waals surface area contributed by atoms with Crippen LogP contribution < -0.4 is 10.2 Å². The number of aromatic nitrogens is 1. The molecule has 37 heavy (non-hydrogen) atoms. The molecule has 0 spiro atoms. The molecule has 3 aromatic rings. The van der Waals surface area contributed by atoms with Crippen LogP contribution in [0.5, 0.6) is 0 Å². The van der Waals surface area contributed by atoms with E-state index in [-0.39, 0.29) is 26.4 Å². The molecule has 2 N–H and O–H groups in total. The predicted molar refractivity (Wildman–Crippen MR) is 149 cm³/mol. The predicted octanol–water partition coefficient (Wildman–Crippen LogP) is 5.87. The maximum atomic E-state index is 13.5. The lowest BCUT2D eigenvalue weighted by molar-refractivity contribution is -0.122. The highest BCUT2D eigenvalue weighted by Crippen LogP contribution is 2.39. The van der Waals surface area contributed by atoms with E-state index < -0.39 is 17.8 Å². The molecule has 1 aliphatic carbocycles. The number of carbonyl (C=O) groups excluding carboxylic acids is 2. The topological polar surface area (TPSA) is 91.6 Å². The number of thiophene rings is 1. The number of halogens is 2. The van der Waals surface area contributed by atoms with Gasteiger partial charge in [0.25, 0.3) is 11.8 Å². The van der Waals surface area contributed by atoms with Crippen molar-refractivity contribution in [3.63, 3.8) is 0 Å². The van der Waals surface area contributed by atoms with Gasteiger partial charge in [-0.05, 0) is 87.2 Å². The number of thiocarbonyl (C=S) groups is 1. The number of aromatic carboxylic acids is 1. The Bertz CT molecular complexity index is 1550. The van der Waals surface area contributed by atoms with Crippen LogP contribution in [0, 0.1) is 13.8 Å². The third kappa shape index (κ3) is 4.29. The summed E-state index contributed by atoms with van der Waals surface area (Å²) in [5.74, 6) is -2.22. The van der Waals surface area contributed by atoms with Gasteiger partial charge in [0.05, 0.1) is 21.3 Å². The molecular weight excluding hydrogens is 553 g/mol. The van der Waals surface area contributed by atoms with Crippen LogP contribution in [-0.4, -0.2) is 32.6 Å². The number of hydrogen-bond donors (Lipinski definition) is 2. The van der Waals surface area contributed by atoms with Crippen LogP contribution in [0.25, 0.3) is 11.1 Å². The second-order valence-corrected chi connectivity index (χ2v) is 11.1. The fourth-order valence-electron chi connectivity index (χ4n) is 4.87. The average Bonchev–Trinajstić information content (AvgIpc) is 3.35. The van der Waals surface area contributed by atoms with Gasteiger partial charge in [-0.2, -0.15) is 0 Å². The Kier molecular flexibility index (Phi) is 6.74. The van der Waals surface area contributed by atoms with E-state index in [0.717, 1.165) is 46.7 Å². The summed E-state index contributed by atoms with van der Waals surface area (Å²) >= 11 is 19.2. The maximum absolute atomic E-state index is 13.5. The summed E-state index contributed by atoms with van der Waals surface area (Å²) in [6.45, 7) is 3.71. The number of aryl methyl sites for hydroxylation is 2. The van der Waals surface area contributed by atoms with Crippen LogP contribution >= 0.6 is 46.8 Å². The highest BCUT2D eigenvalue weighted by Gasteiger charge is 2.36.